The van der Waals surface area contributed by atoms with Crippen LogP contribution < -0.4 is 10.5 Å². The van der Waals surface area contributed by atoms with E-state index < -0.39 is 0 Å². The first kappa shape index (κ1) is 14.3. The summed E-state index contributed by atoms with van der Waals surface area (Å²) in [6, 6.07) is 8.90. The van der Waals surface area contributed by atoms with Gasteiger partial charge in [-0.15, -0.1) is 0 Å². The Labute approximate surface area is 115 Å². The first-order valence-corrected chi connectivity index (χ1v) is 6.86. The zero-order valence-corrected chi connectivity index (χ0v) is 12.0. The molecule has 2 rings (SSSR count). The zero-order valence-electron chi connectivity index (χ0n) is 12.0. The van der Waals surface area contributed by atoms with E-state index in [0.29, 0.717) is 6.04 Å². The predicted octanol–water partition coefficient (Wildman–Crippen LogP) is 1.80. The highest BCUT2D eigenvalue weighted by Gasteiger charge is 2.30. The van der Waals surface area contributed by atoms with Gasteiger partial charge in [0.1, 0.15) is 5.75 Å². The third-order valence-electron chi connectivity index (χ3n) is 3.73. The molecule has 0 bridgehead atoms. The summed E-state index contributed by atoms with van der Waals surface area (Å²) in [6.07, 6.45) is 0. The van der Waals surface area contributed by atoms with E-state index in [1.54, 1.807) is 7.11 Å². The number of methoxy groups -OCH3 is 1. The van der Waals surface area contributed by atoms with Gasteiger partial charge in [0.05, 0.1) is 26.4 Å². The van der Waals surface area contributed by atoms with Crippen molar-refractivity contribution in [1.29, 1.82) is 0 Å². The summed E-state index contributed by atoms with van der Waals surface area (Å²) in [5.41, 5.74) is 7.46. The lowest BCUT2D eigenvalue weighted by molar-refractivity contribution is -0.0268. The highest BCUT2D eigenvalue weighted by Crippen LogP contribution is 2.28. The second kappa shape index (κ2) is 6.37. The standard InChI is InChI=1S/C15H24N2O2/c1-11-10-19-9-8-17(11)15(12(2)16)13-4-6-14(18-3)7-5-13/h4-7,11-12,15H,8-10,16H2,1-3H3. The molecule has 1 fully saturated rings. The highest BCUT2D eigenvalue weighted by atomic mass is 16.5. The van der Waals surface area contributed by atoms with E-state index in [-0.39, 0.29) is 12.1 Å². The number of hydrogen-bond acceptors (Lipinski definition) is 4. The minimum atomic E-state index is 0.0777. The van der Waals surface area contributed by atoms with Crippen LogP contribution >= 0.6 is 0 Å². The van der Waals surface area contributed by atoms with E-state index in [9.17, 15) is 0 Å². The molecule has 1 saturated heterocycles. The Hall–Kier alpha value is -1.10. The van der Waals surface area contributed by atoms with Crippen LogP contribution in [-0.4, -0.2) is 43.9 Å². The van der Waals surface area contributed by atoms with Gasteiger partial charge in [0.2, 0.25) is 0 Å². The molecule has 106 valence electrons. The molecule has 4 nitrogen and oxygen atoms in total. The van der Waals surface area contributed by atoms with Gasteiger partial charge in [0.15, 0.2) is 0 Å². The summed E-state index contributed by atoms with van der Waals surface area (Å²) in [6.45, 7) is 6.75. The van der Waals surface area contributed by atoms with Gasteiger partial charge >= 0.3 is 0 Å². The Balaban J connectivity index is 2.23. The number of nitrogens with two attached hydrogens (primary N) is 1. The molecule has 3 atom stereocenters. The first-order chi connectivity index (χ1) is 9.13. The Morgan fingerprint density at radius 2 is 2.05 bits per heavy atom. The van der Waals surface area contributed by atoms with Gasteiger partial charge in [-0.1, -0.05) is 12.1 Å². The van der Waals surface area contributed by atoms with E-state index in [0.717, 1.165) is 25.5 Å². The fourth-order valence-corrected chi connectivity index (χ4v) is 2.75. The van der Waals surface area contributed by atoms with Crippen molar-refractivity contribution in [2.24, 2.45) is 5.73 Å². The van der Waals surface area contributed by atoms with Gasteiger partial charge in [0, 0.05) is 18.6 Å². The number of hydrogen-bond donors (Lipinski definition) is 1. The Kier molecular flexibility index (Phi) is 4.80. The van der Waals surface area contributed by atoms with Crippen LogP contribution in [0.4, 0.5) is 0 Å². The summed E-state index contributed by atoms with van der Waals surface area (Å²) < 4.78 is 10.7. The van der Waals surface area contributed by atoms with Crippen LogP contribution in [-0.2, 0) is 4.74 Å². The molecule has 3 unspecified atom stereocenters. The highest BCUT2D eigenvalue weighted by molar-refractivity contribution is 5.30. The second-order valence-electron chi connectivity index (χ2n) is 5.24. The molecule has 0 amide bonds. The molecule has 0 radical (unpaired) electrons. The zero-order chi connectivity index (χ0) is 13.8. The van der Waals surface area contributed by atoms with Gasteiger partial charge in [-0.3, -0.25) is 4.90 Å². The molecular weight excluding hydrogens is 240 g/mol. The van der Waals surface area contributed by atoms with Crippen molar-refractivity contribution in [3.8, 4) is 5.75 Å². The van der Waals surface area contributed by atoms with Gasteiger partial charge in [0.25, 0.3) is 0 Å². The molecule has 19 heavy (non-hydrogen) atoms. The van der Waals surface area contributed by atoms with Crippen molar-refractivity contribution in [3.63, 3.8) is 0 Å². The maximum Gasteiger partial charge on any atom is 0.118 e. The van der Waals surface area contributed by atoms with Crippen LogP contribution in [0.2, 0.25) is 0 Å². The normalized spacial score (nSPS) is 23.9. The number of morpholine rings is 1. The Morgan fingerprint density at radius 3 is 2.58 bits per heavy atom. The van der Waals surface area contributed by atoms with Crippen LogP contribution in [0.5, 0.6) is 5.75 Å². The van der Waals surface area contributed by atoms with Crippen LogP contribution in [0.3, 0.4) is 0 Å². The first-order valence-electron chi connectivity index (χ1n) is 6.86. The SMILES string of the molecule is COc1ccc(C(C(C)N)N2CCOCC2C)cc1. The third-order valence-corrected chi connectivity index (χ3v) is 3.73. The fourth-order valence-electron chi connectivity index (χ4n) is 2.75. The maximum absolute atomic E-state index is 6.22. The quantitative estimate of drug-likeness (QED) is 0.901. The smallest absolute Gasteiger partial charge is 0.118 e. The van der Waals surface area contributed by atoms with E-state index >= 15 is 0 Å². The second-order valence-corrected chi connectivity index (χ2v) is 5.24. The maximum atomic E-state index is 6.22. The Morgan fingerprint density at radius 1 is 1.37 bits per heavy atom. The molecule has 1 heterocycles. The molecule has 0 aliphatic carbocycles. The van der Waals surface area contributed by atoms with E-state index in [1.807, 2.05) is 12.1 Å². The molecule has 1 aromatic rings. The monoisotopic (exact) mass is 264 g/mol. The minimum absolute atomic E-state index is 0.0777. The van der Waals surface area contributed by atoms with Crippen molar-refractivity contribution in [2.75, 3.05) is 26.9 Å². The number of nitrogens with zero attached hydrogens (tertiary/aromatic N) is 1. The number of ether oxygens (including phenoxy) is 2. The number of benzene rings is 1. The molecule has 0 aromatic heterocycles. The van der Waals surface area contributed by atoms with Crippen LogP contribution in [0.25, 0.3) is 0 Å². The summed E-state index contributed by atoms with van der Waals surface area (Å²) in [7, 11) is 1.68. The van der Waals surface area contributed by atoms with Gasteiger partial charge in [-0.25, -0.2) is 0 Å². The van der Waals surface area contributed by atoms with Crippen LogP contribution in [0.15, 0.2) is 24.3 Å². The lowest BCUT2D eigenvalue weighted by Gasteiger charge is -2.41. The van der Waals surface area contributed by atoms with Crippen molar-refractivity contribution in [2.45, 2.75) is 32.0 Å². The van der Waals surface area contributed by atoms with Crippen molar-refractivity contribution < 1.29 is 9.47 Å². The van der Waals surface area contributed by atoms with E-state index in [4.69, 9.17) is 15.2 Å². The third kappa shape index (κ3) is 3.26. The minimum Gasteiger partial charge on any atom is -0.497 e. The lowest BCUT2D eigenvalue weighted by Crippen LogP contribution is -2.50. The van der Waals surface area contributed by atoms with Gasteiger partial charge in [-0.2, -0.15) is 0 Å². The van der Waals surface area contributed by atoms with Crippen molar-refractivity contribution >= 4 is 0 Å². The summed E-state index contributed by atoms with van der Waals surface area (Å²) >= 11 is 0. The lowest BCUT2D eigenvalue weighted by atomic mass is 9.97. The molecule has 2 N–H and O–H groups in total. The fraction of sp³-hybridized carbons (Fsp3) is 0.600. The predicted molar refractivity (Wildman–Crippen MR) is 76.4 cm³/mol. The van der Waals surface area contributed by atoms with Crippen molar-refractivity contribution in [3.05, 3.63) is 29.8 Å². The molecular formula is C15H24N2O2. The van der Waals surface area contributed by atoms with Crippen LogP contribution in [0.1, 0.15) is 25.5 Å². The summed E-state index contributed by atoms with van der Waals surface area (Å²) in [5.74, 6) is 0.877. The average molecular weight is 264 g/mol. The average Bonchev–Trinajstić information content (AvgIpc) is 2.42. The molecule has 4 heteroatoms. The largest absolute Gasteiger partial charge is 0.497 e. The molecule has 0 spiro atoms. The van der Waals surface area contributed by atoms with Gasteiger partial charge < -0.3 is 15.2 Å². The summed E-state index contributed by atoms with van der Waals surface area (Å²) in [4.78, 5) is 2.44. The van der Waals surface area contributed by atoms with E-state index in [2.05, 4.69) is 30.9 Å². The topological polar surface area (TPSA) is 47.7 Å². The molecule has 1 aliphatic heterocycles. The number of rotatable bonds is 4. The molecule has 0 saturated carbocycles. The van der Waals surface area contributed by atoms with Crippen LogP contribution in [0, 0.1) is 0 Å². The van der Waals surface area contributed by atoms with Gasteiger partial charge in [-0.05, 0) is 31.5 Å². The van der Waals surface area contributed by atoms with Crippen molar-refractivity contribution in [1.82, 2.24) is 4.90 Å². The molecule has 1 aliphatic rings. The summed E-state index contributed by atoms with van der Waals surface area (Å²) in [5, 5.41) is 0. The molecule has 1 aromatic carbocycles. The Bertz CT molecular complexity index is 392. The van der Waals surface area contributed by atoms with E-state index in [1.165, 1.54) is 5.56 Å².